The number of aromatic nitrogens is 2. The molecular weight excluding hydrogens is 314 g/mol. The van der Waals surface area contributed by atoms with Crippen LogP contribution >= 0.6 is 0 Å². The predicted molar refractivity (Wildman–Crippen MR) is 98.6 cm³/mol. The number of rotatable bonds is 6. The van der Waals surface area contributed by atoms with E-state index in [0.717, 1.165) is 27.7 Å². The van der Waals surface area contributed by atoms with Gasteiger partial charge in [0.2, 0.25) is 0 Å². The van der Waals surface area contributed by atoms with Crippen molar-refractivity contribution in [2.45, 2.75) is 20.3 Å². The fourth-order valence-corrected chi connectivity index (χ4v) is 3.07. The number of pyridine rings is 1. The van der Waals surface area contributed by atoms with Crippen LogP contribution in [0.15, 0.2) is 42.6 Å². The van der Waals surface area contributed by atoms with Crippen LogP contribution in [0.4, 0.5) is 0 Å². The zero-order valence-corrected chi connectivity index (χ0v) is 14.5. The Labute approximate surface area is 147 Å². The summed E-state index contributed by atoms with van der Waals surface area (Å²) in [7, 11) is 0. The number of aliphatic hydroxyl groups excluding tert-OH is 1. The molecule has 3 rings (SSSR count). The first-order valence-corrected chi connectivity index (χ1v) is 8.45. The molecule has 2 aromatic heterocycles. The average molecular weight is 337 g/mol. The van der Waals surface area contributed by atoms with E-state index in [0.29, 0.717) is 18.7 Å². The molecule has 0 saturated heterocycles. The van der Waals surface area contributed by atoms with Crippen molar-refractivity contribution < 1.29 is 9.90 Å². The van der Waals surface area contributed by atoms with Gasteiger partial charge in [-0.3, -0.25) is 9.78 Å². The number of hydrogen-bond donors (Lipinski definition) is 3. The molecule has 1 unspecified atom stereocenters. The highest BCUT2D eigenvalue weighted by atomic mass is 16.3. The maximum atomic E-state index is 12.4. The van der Waals surface area contributed by atoms with Crippen LogP contribution in [0, 0.1) is 19.8 Å². The highest BCUT2D eigenvalue weighted by Gasteiger charge is 2.14. The van der Waals surface area contributed by atoms with Crippen LogP contribution in [-0.2, 0) is 6.42 Å². The lowest BCUT2D eigenvalue weighted by molar-refractivity contribution is 0.0935. The van der Waals surface area contributed by atoms with Crippen molar-refractivity contribution in [2.75, 3.05) is 13.2 Å². The third-order valence-corrected chi connectivity index (χ3v) is 4.37. The molecule has 2 heterocycles. The number of amides is 1. The van der Waals surface area contributed by atoms with Gasteiger partial charge in [-0.25, -0.2) is 0 Å². The van der Waals surface area contributed by atoms with Gasteiger partial charge >= 0.3 is 0 Å². The minimum Gasteiger partial charge on any atom is -0.396 e. The van der Waals surface area contributed by atoms with E-state index >= 15 is 0 Å². The third kappa shape index (κ3) is 4.06. The largest absolute Gasteiger partial charge is 0.396 e. The normalized spacial score (nSPS) is 12.3. The Hall–Kier alpha value is -2.66. The number of fused-ring (bicyclic) bond motifs is 1. The number of aryl methyl sites for hydroxylation is 2. The molecule has 0 bridgehead atoms. The Morgan fingerprint density at radius 1 is 1.28 bits per heavy atom. The van der Waals surface area contributed by atoms with Crippen LogP contribution in [-0.4, -0.2) is 34.1 Å². The van der Waals surface area contributed by atoms with Crippen molar-refractivity contribution in [3.8, 4) is 0 Å². The molecule has 3 aromatic rings. The molecule has 0 aliphatic rings. The van der Waals surface area contributed by atoms with Crippen molar-refractivity contribution in [3.05, 3.63) is 65.1 Å². The molecule has 0 aliphatic carbocycles. The Morgan fingerprint density at radius 2 is 2.12 bits per heavy atom. The van der Waals surface area contributed by atoms with Gasteiger partial charge in [0, 0.05) is 41.9 Å². The van der Waals surface area contributed by atoms with Crippen LogP contribution in [0.2, 0.25) is 0 Å². The van der Waals surface area contributed by atoms with Gasteiger partial charge in [-0.2, -0.15) is 0 Å². The molecule has 1 amide bonds. The van der Waals surface area contributed by atoms with Gasteiger partial charge in [0.15, 0.2) is 0 Å². The molecule has 0 spiro atoms. The molecule has 3 N–H and O–H groups in total. The fourth-order valence-electron chi connectivity index (χ4n) is 3.07. The van der Waals surface area contributed by atoms with Gasteiger partial charge in [-0.1, -0.05) is 12.1 Å². The molecule has 1 atom stereocenters. The quantitative estimate of drug-likeness (QED) is 0.647. The zero-order valence-electron chi connectivity index (χ0n) is 14.5. The Kier molecular flexibility index (Phi) is 5.14. The summed E-state index contributed by atoms with van der Waals surface area (Å²) in [5, 5.41) is 13.5. The second-order valence-electron chi connectivity index (χ2n) is 6.51. The van der Waals surface area contributed by atoms with Gasteiger partial charge < -0.3 is 15.4 Å². The van der Waals surface area contributed by atoms with Crippen molar-refractivity contribution in [3.63, 3.8) is 0 Å². The van der Waals surface area contributed by atoms with E-state index in [1.54, 1.807) is 6.20 Å². The van der Waals surface area contributed by atoms with E-state index in [1.807, 2.05) is 44.2 Å². The van der Waals surface area contributed by atoms with Gasteiger partial charge in [0.1, 0.15) is 5.69 Å². The highest BCUT2D eigenvalue weighted by molar-refractivity contribution is 5.98. The summed E-state index contributed by atoms with van der Waals surface area (Å²) in [5.74, 6) is -0.222. The molecule has 5 heteroatoms. The Bertz CT molecular complexity index is 871. The molecule has 0 radical (unpaired) electrons. The van der Waals surface area contributed by atoms with E-state index in [9.17, 15) is 9.90 Å². The maximum Gasteiger partial charge on any atom is 0.267 e. The second-order valence-corrected chi connectivity index (χ2v) is 6.51. The number of hydrogen-bond acceptors (Lipinski definition) is 3. The summed E-state index contributed by atoms with van der Waals surface area (Å²) < 4.78 is 0. The topological polar surface area (TPSA) is 78.0 Å². The van der Waals surface area contributed by atoms with Crippen molar-refractivity contribution in [1.82, 2.24) is 15.3 Å². The van der Waals surface area contributed by atoms with E-state index in [2.05, 4.69) is 21.4 Å². The van der Waals surface area contributed by atoms with Crippen LogP contribution in [0.5, 0.6) is 0 Å². The molecule has 0 aliphatic heterocycles. The summed E-state index contributed by atoms with van der Waals surface area (Å²) in [5.41, 5.74) is 4.73. The number of aromatic amines is 1. The average Bonchev–Trinajstić information content (AvgIpc) is 3.03. The monoisotopic (exact) mass is 337 g/mol. The highest BCUT2D eigenvalue weighted by Crippen LogP contribution is 2.21. The van der Waals surface area contributed by atoms with Crippen molar-refractivity contribution in [1.29, 1.82) is 0 Å². The van der Waals surface area contributed by atoms with Crippen molar-refractivity contribution in [2.24, 2.45) is 5.92 Å². The number of carbonyl (C=O) groups excluding carboxylic acids is 1. The number of H-pyrrole nitrogens is 1. The summed E-state index contributed by atoms with van der Waals surface area (Å²) in [6.45, 7) is 4.48. The molecule has 25 heavy (non-hydrogen) atoms. The number of nitrogens with one attached hydrogen (secondary N) is 2. The third-order valence-electron chi connectivity index (χ3n) is 4.37. The SMILES string of the molecule is Cc1cc(C)c2cc(C(=O)NCC(CO)Cc3ccccn3)[nH]c2c1. The van der Waals surface area contributed by atoms with E-state index in [4.69, 9.17) is 0 Å². The molecule has 0 fully saturated rings. The van der Waals surface area contributed by atoms with Crippen LogP contribution in [0.3, 0.4) is 0 Å². The smallest absolute Gasteiger partial charge is 0.267 e. The Morgan fingerprint density at radius 3 is 2.84 bits per heavy atom. The second kappa shape index (κ2) is 7.49. The van der Waals surface area contributed by atoms with Gasteiger partial charge in [0.05, 0.1) is 0 Å². The summed E-state index contributed by atoms with van der Waals surface area (Å²) >= 11 is 0. The van der Waals surface area contributed by atoms with E-state index in [1.165, 1.54) is 0 Å². The molecule has 0 saturated carbocycles. The molecule has 5 nitrogen and oxygen atoms in total. The number of carbonyl (C=O) groups is 1. The first-order chi connectivity index (χ1) is 12.1. The zero-order chi connectivity index (χ0) is 17.8. The minimum atomic E-state index is -0.160. The number of benzene rings is 1. The summed E-state index contributed by atoms with van der Waals surface area (Å²) in [4.78, 5) is 19.9. The fraction of sp³-hybridized carbons (Fsp3) is 0.300. The lowest BCUT2D eigenvalue weighted by Crippen LogP contribution is -2.32. The van der Waals surface area contributed by atoms with Crippen molar-refractivity contribution >= 4 is 16.8 Å². The van der Waals surface area contributed by atoms with Crippen LogP contribution in [0.1, 0.15) is 27.3 Å². The predicted octanol–water partition coefficient (Wildman–Crippen LogP) is 2.76. The number of aliphatic hydroxyl groups is 1. The van der Waals surface area contributed by atoms with Gasteiger partial charge in [-0.15, -0.1) is 0 Å². The standard InChI is InChI=1S/C20H23N3O2/c1-13-7-14(2)17-10-19(23-18(17)8-13)20(25)22-11-15(12-24)9-16-5-3-4-6-21-16/h3-8,10,15,23-24H,9,11-12H2,1-2H3,(H,22,25). The molecular formula is C20H23N3O2. The Balaban J connectivity index is 1.66. The van der Waals surface area contributed by atoms with E-state index < -0.39 is 0 Å². The number of nitrogens with zero attached hydrogens (tertiary/aromatic N) is 1. The summed E-state index contributed by atoms with van der Waals surface area (Å²) in [6, 6.07) is 11.7. The lowest BCUT2D eigenvalue weighted by atomic mass is 10.0. The van der Waals surface area contributed by atoms with Gasteiger partial charge in [0.25, 0.3) is 5.91 Å². The maximum absolute atomic E-state index is 12.4. The van der Waals surface area contributed by atoms with E-state index in [-0.39, 0.29) is 18.4 Å². The minimum absolute atomic E-state index is 0.00184. The van der Waals surface area contributed by atoms with Crippen LogP contribution < -0.4 is 5.32 Å². The lowest BCUT2D eigenvalue weighted by Gasteiger charge is -2.14. The summed E-state index contributed by atoms with van der Waals surface area (Å²) in [6.07, 6.45) is 2.36. The first kappa shape index (κ1) is 17.2. The first-order valence-electron chi connectivity index (χ1n) is 8.45. The van der Waals surface area contributed by atoms with Crippen LogP contribution in [0.25, 0.3) is 10.9 Å². The van der Waals surface area contributed by atoms with Gasteiger partial charge in [-0.05, 0) is 55.7 Å². The molecule has 130 valence electrons. The molecule has 1 aromatic carbocycles.